The van der Waals surface area contributed by atoms with E-state index in [4.69, 9.17) is 0 Å². The van der Waals surface area contributed by atoms with Crippen LogP contribution in [-0.4, -0.2) is 36.3 Å². The van der Waals surface area contributed by atoms with Gasteiger partial charge in [0.25, 0.3) is 0 Å². The summed E-state index contributed by atoms with van der Waals surface area (Å²) in [5.74, 6) is 0.0277. The number of ketones is 1. The number of pyridine rings is 1. The number of carbonyl (C=O) groups excluding carboxylic acids is 1. The van der Waals surface area contributed by atoms with Crippen molar-refractivity contribution < 1.29 is 4.79 Å². The third kappa shape index (κ3) is 3.33. The summed E-state index contributed by atoms with van der Waals surface area (Å²) in [7, 11) is 4.11. The smallest absolute Gasteiger partial charge is 0.213 e. The Balaban J connectivity index is 2.10. The lowest BCUT2D eigenvalue weighted by molar-refractivity contribution is 0.103. The standard InChI is InChI=1S/C19H20N2OS/c1-13-8-10-20-15(12-13)19(22)18-14-6-4-5-7-16(14)23-17(18)9-11-21(2)3/h4-8,10,12H,9,11H2,1-3H3. The van der Waals surface area contributed by atoms with E-state index in [0.717, 1.165) is 39.1 Å². The van der Waals surface area contributed by atoms with E-state index in [0.29, 0.717) is 5.69 Å². The van der Waals surface area contributed by atoms with E-state index in [1.807, 2.05) is 37.3 Å². The van der Waals surface area contributed by atoms with Crippen LogP contribution in [0.25, 0.3) is 10.1 Å². The Morgan fingerprint density at radius 2 is 2.00 bits per heavy atom. The summed E-state index contributed by atoms with van der Waals surface area (Å²) in [5.41, 5.74) is 2.41. The minimum Gasteiger partial charge on any atom is -0.309 e. The minimum atomic E-state index is 0.0277. The van der Waals surface area contributed by atoms with Crippen molar-refractivity contribution in [2.75, 3.05) is 20.6 Å². The number of hydrogen-bond acceptors (Lipinski definition) is 4. The monoisotopic (exact) mass is 324 g/mol. The molecule has 23 heavy (non-hydrogen) atoms. The second kappa shape index (κ2) is 6.60. The molecular formula is C19H20N2OS. The number of hydrogen-bond donors (Lipinski definition) is 0. The van der Waals surface area contributed by atoms with Crippen molar-refractivity contribution in [1.29, 1.82) is 0 Å². The Hall–Kier alpha value is -2.04. The number of fused-ring (bicyclic) bond motifs is 1. The highest BCUT2D eigenvalue weighted by atomic mass is 32.1. The SMILES string of the molecule is Cc1ccnc(C(=O)c2c(CCN(C)C)sc3ccccc23)c1. The molecule has 2 aromatic heterocycles. The molecular weight excluding hydrogens is 304 g/mol. The van der Waals surface area contributed by atoms with Gasteiger partial charge in [-0.2, -0.15) is 0 Å². The van der Waals surface area contributed by atoms with Crippen LogP contribution < -0.4 is 0 Å². The van der Waals surface area contributed by atoms with Gasteiger partial charge in [0, 0.05) is 33.3 Å². The number of benzene rings is 1. The van der Waals surface area contributed by atoms with Gasteiger partial charge >= 0.3 is 0 Å². The van der Waals surface area contributed by atoms with Crippen LogP contribution in [0.3, 0.4) is 0 Å². The van der Waals surface area contributed by atoms with Gasteiger partial charge in [0.2, 0.25) is 5.78 Å². The average Bonchev–Trinajstić information content (AvgIpc) is 2.90. The molecule has 3 rings (SSSR count). The van der Waals surface area contributed by atoms with E-state index in [9.17, 15) is 4.79 Å². The maximum atomic E-state index is 13.1. The molecule has 0 aliphatic carbocycles. The predicted molar refractivity (Wildman–Crippen MR) is 96.5 cm³/mol. The number of thiophene rings is 1. The first-order valence-corrected chi connectivity index (χ1v) is 8.50. The van der Waals surface area contributed by atoms with Gasteiger partial charge in [-0.3, -0.25) is 9.78 Å². The molecule has 0 amide bonds. The average molecular weight is 324 g/mol. The fourth-order valence-corrected chi connectivity index (χ4v) is 3.82. The van der Waals surface area contributed by atoms with Gasteiger partial charge in [-0.25, -0.2) is 0 Å². The summed E-state index contributed by atoms with van der Waals surface area (Å²) in [6.07, 6.45) is 2.58. The van der Waals surface area contributed by atoms with Crippen LogP contribution in [-0.2, 0) is 6.42 Å². The van der Waals surface area contributed by atoms with Crippen molar-refractivity contribution in [1.82, 2.24) is 9.88 Å². The number of rotatable bonds is 5. The molecule has 0 fully saturated rings. The minimum absolute atomic E-state index is 0.0277. The predicted octanol–water partition coefficient (Wildman–Crippen LogP) is 3.94. The number of nitrogens with zero attached hydrogens (tertiary/aromatic N) is 2. The molecule has 0 atom stereocenters. The molecule has 118 valence electrons. The summed E-state index contributed by atoms with van der Waals surface area (Å²) in [6, 6.07) is 11.9. The van der Waals surface area contributed by atoms with Crippen LogP contribution in [0.4, 0.5) is 0 Å². The Morgan fingerprint density at radius 1 is 1.22 bits per heavy atom. The van der Waals surface area contributed by atoms with Crippen LogP contribution in [0.15, 0.2) is 42.6 Å². The molecule has 0 saturated heterocycles. The molecule has 4 heteroatoms. The fraction of sp³-hybridized carbons (Fsp3) is 0.263. The molecule has 0 N–H and O–H groups in total. The Kier molecular flexibility index (Phi) is 4.55. The number of aryl methyl sites for hydroxylation is 1. The van der Waals surface area contributed by atoms with Crippen LogP contribution in [0, 0.1) is 6.92 Å². The highest BCUT2D eigenvalue weighted by molar-refractivity contribution is 7.19. The van der Waals surface area contributed by atoms with E-state index in [-0.39, 0.29) is 5.78 Å². The van der Waals surface area contributed by atoms with E-state index in [2.05, 4.69) is 30.0 Å². The molecule has 0 bridgehead atoms. The topological polar surface area (TPSA) is 33.2 Å². The highest BCUT2D eigenvalue weighted by Crippen LogP contribution is 2.33. The van der Waals surface area contributed by atoms with Crippen molar-refractivity contribution in [2.45, 2.75) is 13.3 Å². The molecule has 2 heterocycles. The summed E-state index contributed by atoms with van der Waals surface area (Å²) in [4.78, 5) is 20.6. The van der Waals surface area contributed by atoms with Gasteiger partial charge in [0.1, 0.15) is 5.69 Å². The molecule has 3 nitrogen and oxygen atoms in total. The van der Waals surface area contributed by atoms with Crippen LogP contribution in [0.1, 0.15) is 26.5 Å². The zero-order chi connectivity index (χ0) is 16.4. The molecule has 1 aromatic carbocycles. The largest absolute Gasteiger partial charge is 0.309 e. The molecule has 0 aliphatic heterocycles. The quantitative estimate of drug-likeness (QED) is 0.667. The van der Waals surface area contributed by atoms with Crippen LogP contribution in [0.5, 0.6) is 0 Å². The molecule has 0 radical (unpaired) electrons. The number of aromatic nitrogens is 1. The zero-order valence-corrected chi connectivity index (χ0v) is 14.5. The maximum absolute atomic E-state index is 13.1. The van der Waals surface area contributed by atoms with Crippen molar-refractivity contribution in [3.63, 3.8) is 0 Å². The first-order valence-electron chi connectivity index (χ1n) is 7.69. The second-order valence-electron chi connectivity index (χ2n) is 6.00. The Bertz CT molecular complexity index is 851. The van der Waals surface area contributed by atoms with Crippen molar-refractivity contribution in [2.24, 2.45) is 0 Å². The maximum Gasteiger partial charge on any atom is 0.213 e. The zero-order valence-electron chi connectivity index (χ0n) is 13.7. The van der Waals surface area contributed by atoms with E-state index in [1.54, 1.807) is 17.5 Å². The lowest BCUT2D eigenvalue weighted by Crippen LogP contribution is -2.16. The van der Waals surface area contributed by atoms with Gasteiger partial charge in [0.15, 0.2) is 0 Å². The first-order chi connectivity index (χ1) is 11.1. The summed E-state index contributed by atoms with van der Waals surface area (Å²) in [6.45, 7) is 2.91. The Labute approximate surface area is 140 Å². The number of carbonyl (C=O) groups is 1. The van der Waals surface area contributed by atoms with E-state index >= 15 is 0 Å². The lowest BCUT2D eigenvalue weighted by Gasteiger charge is -2.09. The molecule has 0 spiro atoms. The summed E-state index contributed by atoms with van der Waals surface area (Å²) >= 11 is 1.72. The van der Waals surface area contributed by atoms with Crippen LogP contribution in [0.2, 0.25) is 0 Å². The van der Waals surface area contributed by atoms with Crippen LogP contribution >= 0.6 is 11.3 Å². The van der Waals surface area contributed by atoms with Gasteiger partial charge < -0.3 is 4.90 Å². The lowest BCUT2D eigenvalue weighted by atomic mass is 10.0. The van der Waals surface area contributed by atoms with E-state index in [1.165, 1.54) is 0 Å². The van der Waals surface area contributed by atoms with Crippen molar-refractivity contribution in [3.8, 4) is 0 Å². The third-order valence-corrected chi connectivity index (χ3v) is 5.06. The normalized spacial score (nSPS) is 11.3. The van der Waals surface area contributed by atoms with Gasteiger partial charge in [0.05, 0.1) is 0 Å². The van der Waals surface area contributed by atoms with Crippen molar-refractivity contribution >= 4 is 27.2 Å². The van der Waals surface area contributed by atoms with Gasteiger partial charge in [-0.05, 0) is 51.2 Å². The molecule has 0 unspecified atom stereocenters. The molecule has 3 aromatic rings. The third-order valence-electron chi connectivity index (χ3n) is 3.83. The molecule has 0 aliphatic rings. The van der Waals surface area contributed by atoms with E-state index < -0.39 is 0 Å². The first kappa shape index (κ1) is 15.8. The van der Waals surface area contributed by atoms with Gasteiger partial charge in [-0.15, -0.1) is 11.3 Å². The highest BCUT2D eigenvalue weighted by Gasteiger charge is 2.21. The van der Waals surface area contributed by atoms with Gasteiger partial charge in [-0.1, -0.05) is 18.2 Å². The summed E-state index contributed by atoms with van der Waals surface area (Å²) < 4.78 is 1.16. The number of likely N-dealkylation sites (N-methyl/N-ethyl adjacent to an activating group) is 1. The van der Waals surface area contributed by atoms with Crippen molar-refractivity contribution in [3.05, 3.63) is 64.3 Å². The second-order valence-corrected chi connectivity index (χ2v) is 7.13. The molecule has 0 saturated carbocycles. The summed E-state index contributed by atoms with van der Waals surface area (Å²) in [5, 5.41) is 1.04. The Morgan fingerprint density at radius 3 is 2.74 bits per heavy atom. The fourth-order valence-electron chi connectivity index (χ4n) is 2.63.